The van der Waals surface area contributed by atoms with Crippen molar-refractivity contribution in [3.05, 3.63) is 41.5 Å². The number of aliphatic carboxylic acids is 1. The summed E-state index contributed by atoms with van der Waals surface area (Å²) < 4.78 is 5.60. The van der Waals surface area contributed by atoms with Crippen molar-refractivity contribution in [2.75, 3.05) is 6.61 Å². The molecule has 1 aliphatic heterocycles. The molecule has 0 aromatic heterocycles. The Morgan fingerprint density at radius 1 is 1.58 bits per heavy atom. The minimum atomic E-state index is -0.850. The van der Waals surface area contributed by atoms with E-state index in [4.69, 9.17) is 9.84 Å². The average molecular weight is 261 g/mol. The fourth-order valence-corrected chi connectivity index (χ4v) is 2.25. The Balaban J connectivity index is 2.03. The molecule has 4 nitrogen and oxygen atoms in total. The summed E-state index contributed by atoms with van der Waals surface area (Å²) in [6.07, 6.45) is 1.36. The summed E-state index contributed by atoms with van der Waals surface area (Å²) >= 11 is 0. The molecule has 0 spiro atoms. The number of rotatable bonds is 6. The fourth-order valence-electron chi connectivity index (χ4n) is 2.25. The van der Waals surface area contributed by atoms with Gasteiger partial charge in [0.2, 0.25) is 0 Å². The van der Waals surface area contributed by atoms with E-state index in [-0.39, 0.29) is 0 Å². The molecule has 1 aromatic carbocycles. The number of carbonyl (C=O) groups is 1. The van der Waals surface area contributed by atoms with E-state index in [1.165, 1.54) is 5.56 Å². The van der Waals surface area contributed by atoms with Crippen LogP contribution in [-0.4, -0.2) is 23.7 Å². The van der Waals surface area contributed by atoms with E-state index in [2.05, 4.69) is 18.0 Å². The Hall–Kier alpha value is -1.81. The van der Waals surface area contributed by atoms with Gasteiger partial charge >= 0.3 is 5.97 Å². The van der Waals surface area contributed by atoms with Crippen molar-refractivity contribution >= 4 is 5.97 Å². The second-order valence-electron chi connectivity index (χ2n) is 4.94. The van der Waals surface area contributed by atoms with Crippen molar-refractivity contribution in [1.29, 1.82) is 0 Å². The van der Waals surface area contributed by atoms with Crippen LogP contribution in [0.25, 0.3) is 0 Å². The number of benzene rings is 1. The lowest BCUT2D eigenvalue weighted by Crippen LogP contribution is -2.36. The van der Waals surface area contributed by atoms with E-state index in [0.717, 1.165) is 23.3 Å². The Kier molecular flexibility index (Phi) is 4.22. The maximum Gasteiger partial charge on any atom is 0.321 e. The number of carboxylic acid groups (broad SMARTS) is 1. The van der Waals surface area contributed by atoms with E-state index in [1.807, 2.05) is 19.1 Å². The number of hydrogen-bond donors (Lipinski definition) is 2. The Labute approximate surface area is 113 Å². The molecule has 0 radical (unpaired) electrons. The Morgan fingerprint density at radius 2 is 2.37 bits per heavy atom. The zero-order valence-corrected chi connectivity index (χ0v) is 11.1. The molecule has 0 saturated carbocycles. The lowest BCUT2D eigenvalue weighted by Gasteiger charge is -2.15. The Bertz CT molecular complexity index is 496. The number of hydrogen-bond acceptors (Lipinski definition) is 3. The highest BCUT2D eigenvalue weighted by atomic mass is 16.5. The molecule has 1 unspecified atom stereocenters. The number of carboxylic acids is 1. The first-order valence-electron chi connectivity index (χ1n) is 6.42. The van der Waals surface area contributed by atoms with Gasteiger partial charge in [-0.1, -0.05) is 23.8 Å². The quantitative estimate of drug-likeness (QED) is 0.770. The number of fused-ring (bicyclic) bond motifs is 1. The third-order valence-electron chi connectivity index (χ3n) is 3.19. The van der Waals surface area contributed by atoms with Crippen molar-refractivity contribution in [2.45, 2.75) is 32.4 Å². The van der Waals surface area contributed by atoms with Crippen LogP contribution in [0.2, 0.25) is 0 Å². The predicted octanol–water partition coefficient (Wildman–Crippen LogP) is 2.13. The van der Waals surface area contributed by atoms with Gasteiger partial charge in [-0.3, -0.25) is 10.1 Å². The highest BCUT2D eigenvalue weighted by molar-refractivity contribution is 5.73. The van der Waals surface area contributed by atoms with E-state index in [9.17, 15) is 4.79 Å². The zero-order chi connectivity index (χ0) is 13.8. The molecule has 102 valence electrons. The molecule has 0 aliphatic carbocycles. The van der Waals surface area contributed by atoms with Crippen LogP contribution in [0.3, 0.4) is 0 Å². The second-order valence-corrected chi connectivity index (χ2v) is 4.94. The Morgan fingerprint density at radius 3 is 3.05 bits per heavy atom. The van der Waals surface area contributed by atoms with Gasteiger partial charge in [-0.15, -0.1) is 6.58 Å². The first kappa shape index (κ1) is 13.6. The molecule has 1 aliphatic rings. The molecular formula is C15H19NO3. The molecule has 0 amide bonds. The van der Waals surface area contributed by atoms with Gasteiger partial charge in [0.15, 0.2) is 0 Å². The van der Waals surface area contributed by atoms with Crippen molar-refractivity contribution < 1.29 is 14.6 Å². The molecular weight excluding hydrogens is 242 g/mol. The summed E-state index contributed by atoms with van der Waals surface area (Å²) in [5.41, 5.74) is 3.07. The molecule has 0 bridgehead atoms. The van der Waals surface area contributed by atoms with Crippen LogP contribution in [0.5, 0.6) is 5.75 Å². The third kappa shape index (κ3) is 3.35. The molecule has 1 aromatic rings. The lowest BCUT2D eigenvalue weighted by molar-refractivity contribution is -0.139. The van der Waals surface area contributed by atoms with E-state index in [0.29, 0.717) is 19.6 Å². The van der Waals surface area contributed by atoms with Crippen LogP contribution in [0.15, 0.2) is 30.4 Å². The maximum absolute atomic E-state index is 11.2. The molecule has 4 heteroatoms. The summed E-state index contributed by atoms with van der Waals surface area (Å²) in [6.45, 7) is 6.80. The van der Waals surface area contributed by atoms with Crippen LogP contribution >= 0.6 is 0 Å². The summed E-state index contributed by atoms with van der Waals surface area (Å²) in [5.74, 6) is 0.0611. The van der Waals surface area contributed by atoms with Crippen LogP contribution in [0, 0.1) is 0 Å². The van der Waals surface area contributed by atoms with Gasteiger partial charge in [-0.2, -0.15) is 0 Å². The SMILES string of the molecule is C=C(C)CC(NCc1cccc2c1OCC2)C(=O)O. The topological polar surface area (TPSA) is 58.6 Å². The van der Waals surface area contributed by atoms with E-state index in [1.54, 1.807) is 0 Å². The smallest absolute Gasteiger partial charge is 0.321 e. The molecule has 19 heavy (non-hydrogen) atoms. The van der Waals surface area contributed by atoms with Gasteiger partial charge in [0, 0.05) is 18.5 Å². The summed E-state index contributed by atoms with van der Waals surface area (Å²) in [6, 6.07) is 5.40. The van der Waals surface area contributed by atoms with Crippen LogP contribution < -0.4 is 10.1 Å². The molecule has 2 N–H and O–H groups in total. The molecule has 2 rings (SSSR count). The largest absolute Gasteiger partial charge is 0.493 e. The number of para-hydroxylation sites is 1. The molecule has 1 heterocycles. The van der Waals surface area contributed by atoms with Crippen LogP contribution in [0.1, 0.15) is 24.5 Å². The zero-order valence-electron chi connectivity index (χ0n) is 11.1. The summed E-state index contributed by atoms with van der Waals surface area (Å²) in [7, 11) is 0. The lowest BCUT2D eigenvalue weighted by atomic mass is 10.1. The summed E-state index contributed by atoms with van der Waals surface area (Å²) in [4.78, 5) is 11.2. The van der Waals surface area contributed by atoms with Gasteiger partial charge in [0.1, 0.15) is 11.8 Å². The minimum absolute atomic E-state index is 0.436. The highest BCUT2D eigenvalue weighted by Gasteiger charge is 2.19. The van der Waals surface area contributed by atoms with Gasteiger partial charge in [0.25, 0.3) is 0 Å². The molecule has 0 saturated heterocycles. The average Bonchev–Trinajstić information content (AvgIpc) is 2.82. The molecule has 1 atom stereocenters. The van der Waals surface area contributed by atoms with E-state index >= 15 is 0 Å². The standard InChI is InChI=1S/C15H19NO3/c1-10(2)8-13(15(17)18)16-9-12-5-3-4-11-6-7-19-14(11)12/h3-5,13,16H,1,6-9H2,2H3,(H,17,18). The van der Waals surface area contributed by atoms with Crippen molar-refractivity contribution in [2.24, 2.45) is 0 Å². The monoisotopic (exact) mass is 261 g/mol. The van der Waals surface area contributed by atoms with Crippen molar-refractivity contribution in [3.8, 4) is 5.75 Å². The summed E-state index contributed by atoms with van der Waals surface area (Å²) in [5, 5.41) is 12.2. The highest BCUT2D eigenvalue weighted by Crippen LogP contribution is 2.29. The maximum atomic E-state index is 11.2. The van der Waals surface area contributed by atoms with Gasteiger partial charge in [0.05, 0.1) is 6.61 Å². The first-order valence-corrected chi connectivity index (χ1v) is 6.42. The van der Waals surface area contributed by atoms with E-state index < -0.39 is 12.0 Å². The predicted molar refractivity (Wildman–Crippen MR) is 73.3 cm³/mol. The van der Waals surface area contributed by atoms with Gasteiger partial charge < -0.3 is 9.84 Å². The fraction of sp³-hybridized carbons (Fsp3) is 0.400. The van der Waals surface area contributed by atoms with Crippen molar-refractivity contribution in [1.82, 2.24) is 5.32 Å². The first-order chi connectivity index (χ1) is 9.08. The normalized spacial score (nSPS) is 14.6. The van der Waals surface area contributed by atoms with Crippen LogP contribution in [0.4, 0.5) is 0 Å². The van der Waals surface area contributed by atoms with Gasteiger partial charge in [-0.05, 0) is 18.9 Å². The third-order valence-corrected chi connectivity index (χ3v) is 3.19. The number of nitrogens with one attached hydrogen (secondary N) is 1. The number of ether oxygens (including phenoxy) is 1. The van der Waals surface area contributed by atoms with Gasteiger partial charge in [-0.25, -0.2) is 0 Å². The van der Waals surface area contributed by atoms with Crippen LogP contribution in [-0.2, 0) is 17.8 Å². The van der Waals surface area contributed by atoms with Crippen molar-refractivity contribution in [3.63, 3.8) is 0 Å². The molecule has 0 fully saturated rings. The minimum Gasteiger partial charge on any atom is -0.493 e. The second kappa shape index (κ2) is 5.89.